The number of esters is 2. The summed E-state index contributed by atoms with van der Waals surface area (Å²) in [7, 11) is 0. The zero-order valence-corrected chi connectivity index (χ0v) is 23.5. The van der Waals surface area contributed by atoms with Crippen LogP contribution >= 0.6 is 0 Å². The lowest BCUT2D eigenvalue weighted by Crippen LogP contribution is -2.54. The van der Waals surface area contributed by atoms with Crippen molar-refractivity contribution in [3.05, 3.63) is 70.8 Å². The molecule has 0 saturated heterocycles. The third-order valence-corrected chi connectivity index (χ3v) is 6.88. The van der Waals surface area contributed by atoms with E-state index in [1.165, 1.54) is 0 Å². The van der Waals surface area contributed by atoms with Gasteiger partial charge in [-0.2, -0.15) is 26.3 Å². The third kappa shape index (κ3) is 8.97. The normalized spacial score (nSPS) is 12.3. The molecule has 0 saturated carbocycles. The van der Waals surface area contributed by atoms with Crippen LogP contribution in [0.4, 0.5) is 26.3 Å². The summed E-state index contributed by atoms with van der Waals surface area (Å²) in [6, 6.07) is 6.58. The molecule has 0 fully saturated rings. The lowest BCUT2D eigenvalue weighted by Gasteiger charge is -2.38. The van der Waals surface area contributed by atoms with Gasteiger partial charge in [-0.3, -0.25) is 0 Å². The number of carbonyl (C=O) groups is 2. The molecule has 0 aromatic heterocycles. The van der Waals surface area contributed by atoms with E-state index in [9.17, 15) is 35.9 Å². The van der Waals surface area contributed by atoms with Gasteiger partial charge in [-0.05, 0) is 48.2 Å². The van der Waals surface area contributed by atoms with E-state index in [4.69, 9.17) is 9.47 Å². The van der Waals surface area contributed by atoms with Crippen LogP contribution in [0.25, 0.3) is 0 Å². The Labute approximate surface area is 237 Å². The molecule has 0 bridgehead atoms. The molecule has 0 unspecified atom stereocenters. The first kappa shape index (κ1) is 34.2. The van der Waals surface area contributed by atoms with Crippen molar-refractivity contribution in [2.45, 2.75) is 95.8 Å². The van der Waals surface area contributed by atoms with E-state index in [1.54, 1.807) is 0 Å². The van der Waals surface area contributed by atoms with Gasteiger partial charge >= 0.3 is 24.3 Å². The van der Waals surface area contributed by atoms with Crippen molar-refractivity contribution >= 4 is 11.9 Å². The van der Waals surface area contributed by atoms with Gasteiger partial charge in [0.05, 0.1) is 24.3 Å². The van der Waals surface area contributed by atoms with Crippen LogP contribution in [-0.4, -0.2) is 37.5 Å². The van der Waals surface area contributed by atoms with Crippen molar-refractivity contribution in [2.24, 2.45) is 0 Å². The highest BCUT2D eigenvalue weighted by atomic mass is 19.4. The molecule has 2 aromatic rings. The van der Waals surface area contributed by atoms with Crippen LogP contribution in [0.5, 0.6) is 0 Å². The first-order chi connectivity index (χ1) is 19.4. The molecule has 41 heavy (non-hydrogen) atoms. The number of halogens is 6. The minimum absolute atomic E-state index is 0.000773. The predicted molar refractivity (Wildman–Crippen MR) is 144 cm³/mol. The van der Waals surface area contributed by atoms with E-state index < -0.39 is 52.0 Å². The molecule has 228 valence electrons. The summed E-state index contributed by atoms with van der Waals surface area (Å²) >= 11 is 0. The van der Waals surface area contributed by atoms with Gasteiger partial charge in [-0.1, -0.05) is 89.5 Å². The monoisotopic (exact) mass is 588 g/mol. The lowest BCUT2D eigenvalue weighted by atomic mass is 9.72. The highest BCUT2D eigenvalue weighted by Gasteiger charge is 2.72. The number of ether oxygens (including phenoxy) is 2. The minimum atomic E-state index is -5.88. The van der Waals surface area contributed by atoms with E-state index in [2.05, 4.69) is 0 Å². The number of alkyl halides is 6. The van der Waals surface area contributed by atoms with Gasteiger partial charge < -0.3 is 9.47 Å². The Kier molecular flexibility index (Phi) is 13.2. The molecule has 0 spiro atoms. The number of hydrogen-bond acceptors (Lipinski definition) is 4. The fraction of sp³-hybridized carbons (Fsp3) is 0.548. The Morgan fingerprint density at radius 3 is 1.29 bits per heavy atom. The molecule has 0 atom stereocenters. The van der Waals surface area contributed by atoms with E-state index in [-0.39, 0.29) is 13.2 Å². The number of hydrogen-bond donors (Lipinski definition) is 0. The Bertz CT molecular complexity index is 1020. The molecule has 0 aliphatic heterocycles. The van der Waals surface area contributed by atoms with Gasteiger partial charge in [0.2, 0.25) is 5.41 Å². The second-order valence-corrected chi connectivity index (χ2v) is 10.0. The van der Waals surface area contributed by atoms with E-state index in [1.807, 2.05) is 13.8 Å². The number of benzene rings is 2. The molecule has 10 heteroatoms. The van der Waals surface area contributed by atoms with Gasteiger partial charge in [0.1, 0.15) is 0 Å². The average Bonchev–Trinajstić information content (AvgIpc) is 2.91. The zero-order chi connectivity index (χ0) is 30.5. The van der Waals surface area contributed by atoms with Gasteiger partial charge in [0.25, 0.3) is 0 Å². The summed E-state index contributed by atoms with van der Waals surface area (Å²) in [5.74, 6) is -2.03. The zero-order valence-electron chi connectivity index (χ0n) is 23.5. The predicted octanol–water partition coefficient (Wildman–Crippen LogP) is 9.35. The number of carbonyl (C=O) groups excluding carboxylic acids is 2. The molecule has 0 radical (unpaired) electrons. The van der Waals surface area contributed by atoms with Crippen LogP contribution in [0.15, 0.2) is 48.5 Å². The van der Waals surface area contributed by atoms with Crippen molar-refractivity contribution < 1.29 is 45.4 Å². The van der Waals surface area contributed by atoms with Gasteiger partial charge in [-0.25, -0.2) is 9.59 Å². The molecular formula is C31H38F6O4. The molecule has 2 aromatic carbocycles. The molecule has 0 aliphatic rings. The summed E-state index contributed by atoms with van der Waals surface area (Å²) in [5.41, 5.74) is -7.82. The summed E-state index contributed by atoms with van der Waals surface area (Å²) in [5, 5.41) is 0. The first-order valence-corrected chi connectivity index (χ1v) is 14.1. The van der Waals surface area contributed by atoms with E-state index in [0.717, 1.165) is 75.6 Å². The smallest absolute Gasteiger partial charge is 0.411 e. The molecule has 4 nitrogen and oxygen atoms in total. The van der Waals surface area contributed by atoms with Gasteiger partial charge in [0.15, 0.2) is 0 Å². The Morgan fingerprint density at radius 2 is 0.951 bits per heavy atom. The maximum atomic E-state index is 14.7. The van der Waals surface area contributed by atoms with Crippen molar-refractivity contribution in [2.75, 3.05) is 13.2 Å². The third-order valence-electron chi connectivity index (χ3n) is 6.88. The van der Waals surface area contributed by atoms with Crippen molar-refractivity contribution in [3.63, 3.8) is 0 Å². The molecule has 2 rings (SSSR count). The summed E-state index contributed by atoms with van der Waals surface area (Å²) in [6.07, 6.45) is -3.26. The summed E-state index contributed by atoms with van der Waals surface area (Å²) in [4.78, 5) is 25.1. The van der Waals surface area contributed by atoms with Gasteiger partial charge in [0, 0.05) is 0 Å². The van der Waals surface area contributed by atoms with Crippen LogP contribution < -0.4 is 0 Å². The van der Waals surface area contributed by atoms with Crippen LogP contribution in [-0.2, 0) is 14.9 Å². The van der Waals surface area contributed by atoms with Crippen LogP contribution in [0, 0.1) is 0 Å². The standard InChI is InChI=1S/C31H38F6O4/c1-3-5-7-9-11-19-40-27(38)23-15-13-17-25(21-23)29(30(32,33)34,31(35,36)37)26-18-14-16-24(22-26)28(39)41-20-12-10-8-6-4-2/h13-18,21-22H,3-12,19-20H2,1-2H3. The van der Waals surface area contributed by atoms with Crippen molar-refractivity contribution in [3.8, 4) is 0 Å². The Morgan fingerprint density at radius 1 is 0.585 bits per heavy atom. The average molecular weight is 589 g/mol. The molecular weight excluding hydrogens is 550 g/mol. The summed E-state index contributed by atoms with van der Waals surface area (Å²) in [6.45, 7) is 4.07. The second-order valence-electron chi connectivity index (χ2n) is 10.0. The highest BCUT2D eigenvalue weighted by molar-refractivity contribution is 5.90. The molecule has 0 heterocycles. The minimum Gasteiger partial charge on any atom is -0.462 e. The maximum Gasteiger partial charge on any atom is 0.411 e. The van der Waals surface area contributed by atoms with E-state index >= 15 is 0 Å². The van der Waals surface area contributed by atoms with Gasteiger partial charge in [-0.15, -0.1) is 0 Å². The largest absolute Gasteiger partial charge is 0.462 e. The fourth-order valence-electron chi connectivity index (χ4n) is 4.65. The lowest BCUT2D eigenvalue weighted by molar-refractivity contribution is -0.288. The van der Waals surface area contributed by atoms with E-state index in [0.29, 0.717) is 37.1 Å². The highest BCUT2D eigenvalue weighted by Crippen LogP contribution is 2.56. The molecule has 0 amide bonds. The SMILES string of the molecule is CCCCCCCOC(=O)c1cccc(C(c2cccc(C(=O)OCCCCCCC)c2)(C(F)(F)F)C(F)(F)F)c1. The van der Waals surface area contributed by atoms with Crippen molar-refractivity contribution in [1.82, 2.24) is 0 Å². The quantitative estimate of drug-likeness (QED) is 0.111. The topological polar surface area (TPSA) is 52.6 Å². The first-order valence-electron chi connectivity index (χ1n) is 14.1. The fourth-order valence-corrected chi connectivity index (χ4v) is 4.65. The summed E-state index contributed by atoms with van der Waals surface area (Å²) < 4.78 is 98.2. The van der Waals surface area contributed by atoms with Crippen molar-refractivity contribution in [1.29, 1.82) is 0 Å². The molecule has 0 N–H and O–H groups in total. The number of unbranched alkanes of at least 4 members (excludes halogenated alkanes) is 8. The maximum absolute atomic E-state index is 14.7. The van der Waals surface area contributed by atoms with Crippen LogP contribution in [0.3, 0.4) is 0 Å². The number of rotatable bonds is 16. The molecule has 0 aliphatic carbocycles. The Hall–Kier alpha value is -3.04. The van der Waals surface area contributed by atoms with Crippen LogP contribution in [0.1, 0.15) is 110 Å². The second kappa shape index (κ2) is 15.8. The Balaban J connectivity index is 2.40. The van der Waals surface area contributed by atoms with Crippen LogP contribution in [0.2, 0.25) is 0 Å².